The highest BCUT2D eigenvalue weighted by molar-refractivity contribution is 7.17. The van der Waals surface area contributed by atoms with Gasteiger partial charge >= 0.3 is 0 Å². The lowest BCUT2D eigenvalue weighted by atomic mass is 10.2. The maximum Gasteiger partial charge on any atom is 0.262 e. The molecule has 0 aliphatic heterocycles. The highest BCUT2D eigenvalue weighted by atomic mass is 35.5. The van der Waals surface area contributed by atoms with Gasteiger partial charge in [0.2, 0.25) is 0 Å². The van der Waals surface area contributed by atoms with E-state index in [1.165, 1.54) is 11.3 Å². The molecular weight excluding hydrogens is 405 g/mol. The number of fused-ring (bicyclic) bond motifs is 1. The molecule has 0 fully saturated rings. The lowest BCUT2D eigenvalue weighted by molar-refractivity contribution is 0.1000. The Kier molecular flexibility index (Phi) is 4.78. The molecule has 8 heteroatoms. The monoisotopic (exact) mass is 417 g/mol. The number of benzene rings is 1. The molecule has 3 aromatic heterocycles. The highest BCUT2D eigenvalue weighted by Gasteiger charge is 2.19. The summed E-state index contributed by atoms with van der Waals surface area (Å²) >= 11 is 13.6. The van der Waals surface area contributed by atoms with E-state index in [9.17, 15) is 4.79 Å². The van der Waals surface area contributed by atoms with Crippen molar-refractivity contribution in [1.82, 2.24) is 9.38 Å². The van der Waals surface area contributed by atoms with Gasteiger partial charge in [-0.3, -0.25) is 9.20 Å². The van der Waals surface area contributed by atoms with E-state index in [-0.39, 0.29) is 6.61 Å². The van der Waals surface area contributed by atoms with E-state index < -0.39 is 5.91 Å². The largest absolute Gasteiger partial charge is 0.487 e. The van der Waals surface area contributed by atoms with E-state index in [0.717, 1.165) is 16.2 Å². The van der Waals surface area contributed by atoms with Gasteiger partial charge in [0.1, 0.15) is 22.9 Å². The molecule has 0 aliphatic rings. The molecule has 27 heavy (non-hydrogen) atoms. The van der Waals surface area contributed by atoms with Gasteiger partial charge in [0, 0.05) is 27.9 Å². The third kappa shape index (κ3) is 3.39. The number of ether oxygens (including phenoxy) is 1. The Morgan fingerprint density at radius 2 is 1.96 bits per heavy atom. The average Bonchev–Trinajstić information content (AvgIpc) is 3.25. The summed E-state index contributed by atoms with van der Waals surface area (Å²) in [6, 6.07) is 12.7. The number of amides is 1. The van der Waals surface area contributed by atoms with Crippen LogP contribution in [0.3, 0.4) is 0 Å². The Hall–Kier alpha value is -2.54. The minimum absolute atomic E-state index is 0.127. The molecule has 0 radical (unpaired) electrons. The van der Waals surface area contributed by atoms with Gasteiger partial charge in [-0.25, -0.2) is 4.98 Å². The number of halogens is 2. The van der Waals surface area contributed by atoms with Crippen molar-refractivity contribution in [3.05, 3.63) is 75.3 Å². The second-order valence-corrected chi connectivity index (χ2v) is 7.60. The highest BCUT2D eigenvalue weighted by Crippen LogP contribution is 2.37. The van der Waals surface area contributed by atoms with Crippen LogP contribution in [0.4, 0.5) is 0 Å². The van der Waals surface area contributed by atoms with Crippen LogP contribution in [0, 0.1) is 0 Å². The smallest absolute Gasteiger partial charge is 0.262 e. The zero-order chi connectivity index (χ0) is 19.0. The second kappa shape index (κ2) is 7.23. The zero-order valence-corrected chi connectivity index (χ0v) is 16.2. The Morgan fingerprint density at radius 3 is 2.70 bits per heavy atom. The van der Waals surface area contributed by atoms with E-state index in [0.29, 0.717) is 26.2 Å². The van der Waals surface area contributed by atoms with Crippen LogP contribution >= 0.6 is 34.5 Å². The van der Waals surface area contributed by atoms with E-state index in [4.69, 9.17) is 33.7 Å². The van der Waals surface area contributed by atoms with Gasteiger partial charge in [-0.2, -0.15) is 0 Å². The van der Waals surface area contributed by atoms with Crippen LogP contribution < -0.4 is 10.5 Å². The minimum atomic E-state index is -0.555. The Bertz CT molecular complexity index is 1130. The predicted octanol–water partition coefficient (Wildman–Crippen LogP) is 5.05. The van der Waals surface area contributed by atoms with Crippen molar-refractivity contribution in [1.29, 1.82) is 0 Å². The molecule has 0 saturated carbocycles. The number of hydrogen-bond donors (Lipinski definition) is 1. The molecule has 0 aliphatic carbocycles. The summed E-state index contributed by atoms with van der Waals surface area (Å²) in [6.07, 6.45) is 3.66. The maximum atomic E-state index is 11.9. The summed E-state index contributed by atoms with van der Waals surface area (Å²) in [6.45, 7) is 0.127. The summed E-state index contributed by atoms with van der Waals surface area (Å²) in [5.41, 5.74) is 7.85. The first kappa shape index (κ1) is 17.9. The van der Waals surface area contributed by atoms with Crippen LogP contribution in [0.2, 0.25) is 10.0 Å². The van der Waals surface area contributed by atoms with Crippen LogP contribution in [0.1, 0.15) is 15.2 Å². The average molecular weight is 418 g/mol. The van der Waals surface area contributed by atoms with Crippen molar-refractivity contribution in [3.8, 4) is 16.3 Å². The molecule has 0 bridgehead atoms. The molecule has 2 N–H and O–H groups in total. The Balaban J connectivity index is 1.70. The zero-order valence-electron chi connectivity index (χ0n) is 13.9. The van der Waals surface area contributed by atoms with Crippen LogP contribution in [-0.4, -0.2) is 15.3 Å². The van der Waals surface area contributed by atoms with Gasteiger partial charge < -0.3 is 10.5 Å². The fraction of sp³-hybridized carbons (Fsp3) is 0.0526. The summed E-state index contributed by atoms with van der Waals surface area (Å²) in [7, 11) is 0. The van der Waals surface area contributed by atoms with Crippen molar-refractivity contribution in [2.24, 2.45) is 5.73 Å². The minimum Gasteiger partial charge on any atom is -0.487 e. The molecule has 136 valence electrons. The molecule has 4 aromatic rings. The third-order valence-electron chi connectivity index (χ3n) is 4.02. The van der Waals surface area contributed by atoms with Gasteiger partial charge in [-0.05, 0) is 24.3 Å². The van der Waals surface area contributed by atoms with Crippen molar-refractivity contribution in [2.45, 2.75) is 6.61 Å². The lowest BCUT2D eigenvalue weighted by Gasteiger charge is -2.09. The van der Waals surface area contributed by atoms with E-state index in [1.54, 1.807) is 30.5 Å². The number of imidazole rings is 1. The fourth-order valence-corrected chi connectivity index (χ4v) is 4.18. The molecular formula is C19H13Cl2N3O2S. The first-order valence-corrected chi connectivity index (χ1v) is 9.53. The normalized spacial score (nSPS) is 11.0. The van der Waals surface area contributed by atoms with Gasteiger partial charge in [0.25, 0.3) is 5.91 Å². The summed E-state index contributed by atoms with van der Waals surface area (Å²) in [4.78, 5) is 17.4. The number of aromatic nitrogens is 2. The van der Waals surface area contributed by atoms with Crippen LogP contribution in [0.25, 0.3) is 16.2 Å². The molecule has 4 rings (SSSR count). The number of nitrogens with two attached hydrogens (primary N) is 1. The molecule has 1 aromatic carbocycles. The first-order chi connectivity index (χ1) is 13.0. The number of thiophene rings is 1. The summed E-state index contributed by atoms with van der Waals surface area (Å²) in [5.74, 6) is -0.162. The van der Waals surface area contributed by atoms with Gasteiger partial charge in [-0.1, -0.05) is 35.3 Å². The number of primary amides is 1. The van der Waals surface area contributed by atoms with Gasteiger partial charge in [0.15, 0.2) is 0 Å². The topological polar surface area (TPSA) is 69.6 Å². The molecule has 0 saturated heterocycles. The Labute approximate surface area is 168 Å². The van der Waals surface area contributed by atoms with Crippen molar-refractivity contribution >= 4 is 46.1 Å². The van der Waals surface area contributed by atoms with Crippen LogP contribution in [-0.2, 0) is 6.61 Å². The fourth-order valence-electron chi connectivity index (χ4n) is 2.71. The third-order valence-corrected chi connectivity index (χ3v) is 5.89. The number of nitrogens with zero attached hydrogens (tertiary/aromatic N) is 2. The van der Waals surface area contributed by atoms with Crippen molar-refractivity contribution < 1.29 is 9.53 Å². The molecule has 0 unspecified atom stereocenters. The number of pyridine rings is 1. The maximum absolute atomic E-state index is 11.9. The second-order valence-electron chi connectivity index (χ2n) is 5.73. The quantitative estimate of drug-likeness (QED) is 0.493. The Morgan fingerprint density at radius 1 is 1.19 bits per heavy atom. The molecule has 0 spiro atoms. The van der Waals surface area contributed by atoms with E-state index in [2.05, 4.69) is 4.98 Å². The van der Waals surface area contributed by atoms with Crippen LogP contribution in [0.15, 0.2) is 54.9 Å². The van der Waals surface area contributed by atoms with E-state index >= 15 is 0 Å². The first-order valence-electron chi connectivity index (χ1n) is 7.96. The molecule has 1 amide bonds. The number of rotatable bonds is 5. The van der Waals surface area contributed by atoms with Crippen molar-refractivity contribution in [3.63, 3.8) is 0 Å². The summed E-state index contributed by atoms with van der Waals surface area (Å²) in [5, 5.41) is 1.00. The number of carbonyl (C=O) groups excluding carboxylic acids is 1. The van der Waals surface area contributed by atoms with Crippen LogP contribution in [0.5, 0.6) is 5.75 Å². The SMILES string of the molecule is NC(=O)c1sc(-c2cnc3ccccn23)cc1OCc1c(Cl)cccc1Cl. The van der Waals surface area contributed by atoms with E-state index in [1.807, 2.05) is 28.8 Å². The van der Waals surface area contributed by atoms with Gasteiger partial charge in [-0.15, -0.1) is 11.3 Å². The molecule has 5 nitrogen and oxygen atoms in total. The lowest BCUT2D eigenvalue weighted by Crippen LogP contribution is -2.10. The number of hydrogen-bond acceptors (Lipinski definition) is 4. The molecule has 0 atom stereocenters. The number of carbonyl (C=O) groups is 1. The molecule has 3 heterocycles. The van der Waals surface area contributed by atoms with Crippen molar-refractivity contribution in [2.75, 3.05) is 0 Å². The van der Waals surface area contributed by atoms with Gasteiger partial charge in [0.05, 0.1) is 16.8 Å². The summed E-state index contributed by atoms with van der Waals surface area (Å²) < 4.78 is 7.78. The standard InChI is InChI=1S/C19H13Cl2N3O2S/c20-12-4-3-5-13(21)11(12)10-26-15-8-16(27-18(15)19(22)25)14-9-23-17-6-1-2-7-24(14)17/h1-9H,10H2,(H2,22,25). The predicted molar refractivity (Wildman–Crippen MR) is 108 cm³/mol.